The number of amidine groups is 1. The number of unbranched alkanes of at least 4 members (excludes halogenated alkanes) is 1. The first-order valence-corrected chi connectivity index (χ1v) is 11.7. The molecule has 1 unspecified atom stereocenters. The largest absolute Gasteiger partial charge is 0.469 e. The summed E-state index contributed by atoms with van der Waals surface area (Å²) >= 11 is 0. The third kappa shape index (κ3) is 6.62. The maximum Gasteiger partial charge on any atom is 0.305 e. The maximum atomic E-state index is 13.5. The van der Waals surface area contributed by atoms with Crippen LogP contribution in [0.4, 0.5) is 10.1 Å². The molecule has 1 atom stereocenters. The number of carbonyl (C=O) groups is 1. The van der Waals surface area contributed by atoms with Gasteiger partial charge in [-0.1, -0.05) is 25.1 Å². The Kier molecular flexibility index (Phi) is 8.73. The van der Waals surface area contributed by atoms with Gasteiger partial charge in [-0.15, -0.1) is 5.10 Å². The second-order valence-corrected chi connectivity index (χ2v) is 8.87. The molecule has 0 saturated heterocycles. The van der Waals surface area contributed by atoms with Crippen LogP contribution < -0.4 is 4.90 Å². The van der Waals surface area contributed by atoms with Gasteiger partial charge in [0.2, 0.25) is 0 Å². The van der Waals surface area contributed by atoms with E-state index in [-0.39, 0.29) is 17.8 Å². The number of nitrogens with zero attached hydrogens (tertiary/aromatic N) is 5. The van der Waals surface area contributed by atoms with Crippen LogP contribution in [0.5, 0.6) is 0 Å². The summed E-state index contributed by atoms with van der Waals surface area (Å²) in [7, 11) is 3.33. The smallest absolute Gasteiger partial charge is 0.305 e. The van der Waals surface area contributed by atoms with Gasteiger partial charge in [-0.25, -0.2) is 14.1 Å². The number of rotatable bonds is 9. The summed E-state index contributed by atoms with van der Waals surface area (Å²) in [5.74, 6) is 0.670. The molecule has 0 spiro atoms. The van der Waals surface area contributed by atoms with Crippen molar-refractivity contribution in [3.63, 3.8) is 0 Å². The van der Waals surface area contributed by atoms with Crippen molar-refractivity contribution in [2.24, 2.45) is 4.99 Å². The van der Waals surface area contributed by atoms with E-state index in [0.717, 1.165) is 41.3 Å². The average molecular weight is 468 g/mol. The van der Waals surface area contributed by atoms with Crippen molar-refractivity contribution in [1.29, 1.82) is 0 Å². The van der Waals surface area contributed by atoms with Crippen molar-refractivity contribution in [3.05, 3.63) is 65.4 Å². The Bertz CT molecular complexity index is 1070. The number of hydrogen-bond donors (Lipinski definition) is 0. The summed E-state index contributed by atoms with van der Waals surface area (Å²) in [4.78, 5) is 18.5. The van der Waals surface area contributed by atoms with Gasteiger partial charge in [0.1, 0.15) is 11.7 Å². The first-order chi connectivity index (χ1) is 16.3. The van der Waals surface area contributed by atoms with Gasteiger partial charge in [0, 0.05) is 31.8 Å². The highest BCUT2D eigenvalue weighted by Gasteiger charge is 2.19. The molecule has 1 aromatic carbocycles. The summed E-state index contributed by atoms with van der Waals surface area (Å²) < 4.78 is 20.1. The van der Waals surface area contributed by atoms with Gasteiger partial charge < -0.3 is 9.64 Å². The molecule has 8 heteroatoms. The summed E-state index contributed by atoms with van der Waals surface area (Å²) in [6.07, 6.45) is 9.65. The van der Waals surface area contributed by atoms with E-state index in [0.29, 0.717) is 25.2 Å². The van der Waals surface area contributed by atoms with E-state index in [4.69, 9.17) is 9.73 Å². The molecule has 1 aliphatic carbocycles. The van der Waals surface area contributed by atoms with Crippen LogP contribution in [0.1, 0.15) is 70.5 Å². The summed E-state index contributed by atoms with van der Waals surface area (Å²) in [5, 5.41) is 8.62. The predicted octanol–water partition coefficient (Wildman–Crippen LogP) is 5.58. The Morgan fingerprint density at radius 1 is 1.26 bits per heavy atom. The minimum Gasteiger partial charge on any atom is -0.469 e. The molecule has 0 saturated carbocycles. The predicted molar refractivity (Wildman–Crippen MR) is 132 cm³/mol. The molecule has 34 heavy (non-hydrogen) atoms. The lowest BCUT2D eigenvalue weighted by molar-refractivity contribution is -0.140. The summed E-state index contributed by atoms with van der Waals surface area (Å²) in [6, 6.07) is 6.41. The third-order valence-electron chi connectivity index (χ3n) is 5.99. The van der Waals surface area contributed by atoms with Crippen LogP contribution in [0, 0.1) is 5.82 Å². The number of methoxy groups -OCH3 is 1. The van der Waals surface area contributed by atoms with Gasteiger partial charge >= 0.3 is 5.97 Å². The van der Waals surface area contributed by atoms with Crippen molar-refractivity contribution in [2.45, 2.75) is 64.8 Å². The number of ether oxygens (including phenoxy) is 1. The molecule has 3 rings (SSSR count). The quantitative estimate of drug-likeness (QED) is 0.208. The molecule has 0 N–H and O–H groups in total. The molecule has 1 heterocycles. The molecule has 1 aliphatic rings. The molecule has 0 radical (unpaired) electrons. The van der Waals surface area contributed by atoms with Crippen LogP contribution in [0.3, 0.4) is 0 Å². The monoisotopic (exact) mass is 467 g/mol. The molecule has 2 aromatic rings. The second-order valence-electron chi connectivity index (χ2n) is 8.87. The number of carbonyl (C=O) groups excluding carboxylic acids is 1. The minimum absolute atomic E-state index is 0.0409. The van der Waals surface area contributed by atoms with E-state index < -0.39 is 0 Å². The molecule has 0 bridgehead atoms. The summed E-state index contributed by atoms with van der Waals surface area (Å²) in [5.41, 5.74) is 3.79. The molecule has 0 aliphatic heterocycles. The van der Waals surface area contributed by atoms with Gasteiger partial charge in [-0.2, -0.15) is 0 Å². The van der Waals surface area contributed by atoms with Gasteiger partial charge in [-0.3, -0.25) is 4.79 Å². The van der Waals surface area contributed by atoms with Gasteiger partial charge in [0.25, 0.3) is 0 Å². The molecule has 1 aromatic heterocycles. The maximum absolute atomic E-state index is 13.5. The number of hydrogen-bond acceptors (Lipinski definition) is 5. The lowest BCUT2D eigenvalue weighted by atomic mass is 10.0. The number of halogens is 1. The zero-order valence-electron chi connectivity index (χ0n) is 20.7. The van der Waals surface area contributed by atoms with Crippen molar-refractivity contribution in [3.8, 4) is 0 Å². The zero-order chi connectivity index (χ0) is 24.7. The number of benzene rings is 1. The number of anilines is 1. The Labute approximate surface area is 201 Å². The van der Waals surface area contributed by atoms with Crippen molar-refractivity contribution < 1.29 is 13.9 Å². The molecule has 7 nitrogen and oxygen atoms in total. The van der Waals surface area contributed by atoms with E-state index in [9.17, 15) is 9.18 Å². The minimum atomic E-state index is -0.279. The fourth-order valence-corrected chi connectivity index (χ4v) is 3.72. The van der Waals surface area contributed by atoms with Gasteiger partial charge in [0.05, 0.1) is 24.5 Å². The second kappa shape index (κ2) is 11.7. The van der Waals surface area contributed by atoms with Crippen LogP contribution in [0.2, 0.25) is 0 Å². The molecular formula is C26H34FN5O2. The van der Waals surface area contributed by atoms with Crippen molar-refractivity contribution in [2.75, 3.05) is 19.1 Å². The third-order valence-corrected chi connectivity index (χ3v) is 5.99. The van der Waals surface area contributed by atoms with E-state index in [2.05, 4.69) is 43.2 Å². The lowest BCUT2D eigenvalue weighted by Gasteiger charge is -2.24. The Balaban J connectivity index is 1.86. The van der Waals surface area contributed by atoms with Gasteiger partial charge in [0.15, 0.2) is 0 Å². The van der Waals surface area contributed by atoms with Crippen LogP contribution in [0.15, 0.2) is 58.9 Å². The number of allylic oxidation sites excluding steroid dienone is 3. The van der Waals surface area contributed by atoms with E-state index in [1.54, 1.807) is 12.1 Å². The highest BCUT2D eigenvalue weighted by atomic mass is 19.1. The number of aliphatic imine (C=N–C) groups is 1. The Morgan fingerprint density at radius 3 is 2.62 bits per heavy atom. The number of esters is 1. The first-order valence-electron chi connectivity index (χ1n) is 11.7. The lowest BCUT2D eigenvalue weighted by Crippen LogP contribution is -2.27. The average Bonchev–Trinajstić information content (AvgIpc) is 3.33. The Hall–Kier alpha value is -3.29. The molecule has 182 valence electrons. The Morgan fingerprint density at radius 2 is 1.97 bits per heavy atom. The highest BCUT2D eigenvalue weighted by molar-refractivity contribution is 5.98. The van der Waals surface area contributed by atoms with Crippen LogP contribution in [-0.4, -0.2) is 41.0 Å². The standard InChI is InChI=1S/C26H34FN5O2/c1-18(2)24-17-32(30-29-24)22-13-10-19(3)23(16-22)28-25(8-6-7-9-26(33)34-5)31(4)21-14-11-20(27)12-15-21/h10-12,14-18,22H,6-9,13H2,1-5H3/b28-25-. The topological polar surface area (TPSA) is 72.6 Å². The van der Waals surface area contributed by atoms with Crippen LogP contribution in [0.25, 0.3) is 0 Å². The van der Waals surface area contributed by atoms with E-state index in [1.807, 2.05) is 22.8 Å². The fourth-order valence-electron chi connectivity index (χ4n) is 3.72. The SMILES string of the molecule is COC(=O)CCCC/C(=N/C1=CC(n2cc(C(C)C)nn2)CC=C1C)N(C)c1ccc(F)cc1. The fraction of sp³-hybridized carbons (Fsp3) is 0.462. The van der Waals surface area contributed by atoms with Gasteiger partial charge in [-0.05, 0) is 68.0 Å². The number of aromatic nitrogens is 3. The van der Waals surface area contributed by atoms with Crippen LogP contribution in [-0.2, 0) is 9.53 Å². The van der Waals surface area contributed by atoms with Crippen LogP contribution >= 0.6 is 0 Å². The zero-order valence-corrected chi connectivity index (χ0v) is 20.7. The summed E-state index contributed by atoms with van der Waals surface area (Å²) in [6.45, 7) is 6.25. The normalized spacial score (nSPS) is 16.3. The van der Waals surface area contributed by atoms with Crippen molar-refractivity contribution >= 4 is 17.5 Å². The van der Waals surface area contributed by atoms with Crippen molar-refractivity contribution in [1.82, 2.24) is 15.0 Å². The van der Waals surface area contributed by atoms with E-state index in [1.165, 1.54) is 19.2 Å². The molecule has 0 fully saturated rings. The molecule has 0 amide bonds. The molecular weight excluding hydrogens is 433 g/mol. The highest BCUT2D eigenvalue weighted by Crippen LogP contribution is 2.28. The first kappa shape index (κ1) is 25.3. The van der Waals surface area contributed by atoms with E-state index >= 15 is 0 Å².